The zero-order valence-corrected chi connectivity index (χ0v) is 20.0. The minimum Gasteiger partial charge on any atom is -0.358 e. The van der Waals surface area contributed by atoms with Crippen LogP contribution in [-0.2, 0) is 15.5 Å². The summed E-state index contributed by atoms with van der Waals surface area (Å²) in [6.45, 7) is 10.9. The molecule has 2 N–H and O–H groups in total. The lowest BCUT2D eigenvalue weighted by Gasteiger charge is -2.27. The van der Waals surface area contributed by atoms with E-state index in [1.807, 2.05) is 13.8 Å². The molecule has 1 heterocycles. The van der Waals surface area contributed by atoms with E-state index in [1.165, 1.54) is 11.6 Å². The van der Waals surface area contributed by atoms with Crippen molar-refractivity contribution in [3.8, 4) is 0 Å². The highest BCUT2D eigenvalue weighted by Crippen LogP contribution is 2.45. The predicted octanol–water partition coefficient (Wildman–Crippen LogP) is 6.81. The maximum Gasteiger partial charge on any atom is 0.294 e. The summed E-state index contributed by atoms with van der Waals surface area (Å²) < 4.78 is 32.5. The molecule has 0 spiro atoms. The molecule has 6 heteroatoms. The van der Waals surface area contributed by atoms with Crippen LogP contribution >= 0.6 is 11.6 Å². The Kier molecular flexibility index (Phi) is 6.57. The number of rotatable bonds is 5. The summed E-state index contributed by atoms with van der Waals surface area (Å²) >= 11 is 6.83. The lowest BCUT2D eigenvalue weighted by molar-refractivity contribution is 0.411. The fourth-order valence-electron chi connectivity index (χ4n) is 4.37. The summed E-state index contributed by atoms with van der Waals surface area (Å²) in [6.07, 6.45) is 8.42. The maximum absolute atomic E-state index is 11.5. The number of halogens is 1. The van der Waals surface area contributed by atoms with Crippen molar-refractivity contribution in [1.29, 1.82) is 0 Å². The summed E-state index contributed by atoms with van der Waals surface area (Å²) in [5.74, 6) is 1.08. The summed E-state index contributed by atoms with van der Waals surface area (Å²) in [7, 11) is -4.24. The van der Waals surface area contributed by atoms with Gasteiger partial charge in [0.25, 0.3) is 10.1 Å². The zero-order valence-electron chi connectivity index (χ0n) is 18.4. The second-order valence-electron chi connectivity index (χ2n) is 9.07. The van der Waals surface area contributed by atoms with Crippen molar-refractivity contribution in [2.75, 3.05) is 5.32 Å². The van der Waals surface area contributed by atoms with Gasteiger partial charge in [0.1, 0.15) is 0 Å². The number of fused-ring (bicyclic) bond motifs is 1. The smallest absolute Gasteiger partial charge is 0.294 e. The van der Waals surface area contributed by atoms with Crippen LogP contribution in [0.4, 0.5) is 5.69 Å². The van der Waals surface area contributed by atoms with Crippen LogP contribution in [0, 0.1) is 11.8 Å². The molecule has 164 valence electrons. The Labute approximate surface area is 185 Å². The Morgan fingerprint density at radius 1 is 1.23 bits per heavy atom. The number of hydrogen-bond acceptors (Lipinski definition) is 3. The molecule has 0 saturated carbocycles. The van der Waals surface area contributed by atoms with Crippen LogP contribution in [0.1, 0.15) is 65.9 Å². The summed E-state index contributed by atoms with van der Waals surface area (Å²) in [5.41, 5.74) is 4.79. The molecule has 0 saturated heterocycles. The van der Waals surface area contributed by atoms with Crippen molar-refractivity contribution in [3.63, 3.8) is 0 Å². The minimum absolute atomic E-state index is 0.0855. The van der Waals surface area contributed by atoms with Crippen LogP contribution in [0.5, 0.6) is 0 Å². The standard InChI is InChI=1S/C24H32ClNO3S/c1-6-15(2)16(3)19-9-7-8-17(23(19)25)10-13-22-24(4,5)20-14-18(30(27,28)29)11-12-21(20)26-22/h10-16,26H,6-9H2,1-5H3,(H,27,28,29)/b17-10+,22-13+. The van der Waals surface area contributed by atoms with Gasteiger partial charge in [-0.15, -0.1) is 0 Å². The van der Waals surface area contributed by atoms with Crippen LogP contribution in [0.2, 0.25) is 0 Å². The molecule has 0 amide bonds. The summed E-state index contributed by atoms with van der Waals surface area (Å²) in [5, 5.41) is 4.31. The normalized spacial score (nSPS) is 23.4. The van der Waals surface area contributed by atoms with Gasteiger partial charge in [0.05, 0.1) is 4.90 Å². The number of hydrogen-bond donors (Lipinski definition) is 2. The molecule has 1 aliphatic carbocycles. The molecule has 2 aliphatic rings. The molecule has 1 aliphatic heterocycles. The van der Waals surface area contributed by atoms with Crippen LogP contribution in [0.15, 0.2) is 57.1 Å². The predicted molar refractivity (Wildman–Crippen MR) is 124 cm³/mol. The number of nitrogens with one attached hydrogen (secondary N) is 1. The highest BCUT2D eigenvalue weighted by Gasteiger charge is 2.35. The van der Waals surface area contributed by atoms with E-state index in [4.69, 9.17) is 11.6 Å². The van der Waals surface area contributed by atoms with E-state index in [0.29, 0.717) is 11.8 Å². The van der Waals surface area contributed by atoms with E-state index in [9.17, 15) is 13.0 Å². The Bertz CT molecular complexity index is 1030. The van der Waals surface area contributed by atoms with Gasteiger partial charge >= 0.3 is 0 Å². The maximum atomic E-state index is 11.5. The lowest BCUT2D eigenvalue weighted by atomic mass is 9.80. The second-order valence-corrected chi connectivity index (χ2v) is 10.9. The van der Waals surface area contributed by atoms with Crippen molar-refractivity contribution in [1.82, 2.24) is 0 Å². The third-order valence-electron chi connectivity index (χ3n) is 6.86. The van der Waals surface area contributed by atoms with Crippen molar-refractivity contribution < 1.29 is 13.0 Å². The van der Waals surface area contributed by atoms with Gasteiger partial charge in [0, 0.05) is 21.8 Å². The molecule has 0 bridgehead atoms. The van der Waals surface area contributed by atoms with Gasteiger partial charge in [-0.3, -0.25) is 4.55 Å². The first-order chi connectivity index (χ1) is 14.0. The molecule has 1 aromatic rings. The molecule has 4 nitrogen and oxygen atoms in total. The van der Waals surface area contributed by atoms with E-state index in [0.717, 1.165) is 53.2 Å². The first-order valence-electron chi connectivity index (χ1n) is 10.7. The van der Waals surface area contributed by atoms with Gasteiger partial charge in [-0.2, -0.15) is 8.42 Å². The van der Waals surface area contributed by atoms with Crippen molar-refractivity contribution in [2.45, 2.75) is 70.6 Å². The first kappa shape index (κ1) is 23.1. The SMILES string of the molecule is CCC(C)C(C)C1=C(Cl)/C(=C/C=C2/Nc3ccc(S(=O)(=O)O)cc3C2(C)C)CCC1. The Morgan fingerprint density at radius 2 is 1.93 bits per heavy atom. The van der Waals surface area contributed by atoms with Crippen LogP contribution in [0.25, 0.3) is 0 Å². The van der Waals surface area contributed by atoms with E-state index in [-0.39, 0.29) is 4.90 Å². The third-order valence-corrected chi connectivity index (χ3v) is 8.19. The van der Waals surface area contributed by atoms with Crippen LogP contribution in [-0.4, -0.2) is 13.0 Å². The van der Waals surface area contributed by atoms with Gasteiger partial charge < -0.3 is 5.32 Å². The molecule has 3 rings (SSSR count). The average molecular weight is 450 g/mol. The number of anilines is 1. The number of benzene rings is 1. The molecule has 2 atom stereocenters. The highest BCUT2D eigenvalue weighted by molar-refractivity contribution is 7.85. The van der Waals surface area contributed by atoms with Crippen molar-refractivity contribution >= 4 is 27.4 Å². The average Bonchev–Trinajstić information content (AvgIpc) is 2.95. The van der Waals surface area contributed by atoms with Gasteiger partial charge in [-0.1, -0.05) is 58.7 Å². The Morgan fingerprint density at radius 3 is 2.57 bits per heavy atom. The fourth-order valence-corrected chi connectivity index (χ4v) is 5.30. The second kappa shape index (κ2) is 8.52. The van der Waals surface area contributed by atoms with Gasteiger partial charge in [-0.25, -0.2) is 0 Å². The van der Waals surface area contributed by atoms with Crippen LogP contribution in [0.3, 0.4) is 0 Å². The minimum atomic E-state index is -4.24. The van der Waals surface area contributed by atoms with E-state index >= 15 is 0 Å². The van der Waals surface area contributed by atoms with Gasteiger partial charge in [-0.05, 0) is 72.1 Å². The molecule has 30 heavy (non-hydrogen) atoms. The molecular weight excluding hydrogens is 418 g/mol. The monoisotopic (exact) mass is 449 g/mol. The number of allylic oxidation sites excluding steroid dienone is 6. The highest BCUT2D eigenvalue weighted by atomic mass is 35.5. The van der Waals surface area contributed by atoms with E-state index in [2.05, 4.69) is 38.2 Å². The molecule has 1 aromatic carbocycles. The van der Waals surface area contributed by atoms with Crippen LogP contribution < -0.4 is 5.32 Å². The fraction of sp³-hybridized carbons (Fsp3) is 0.500. The largest absolute Gasteiger partial charge is 0.358 e. The molecule has 0 aromatic heterocycles. The zero-order chi connectivity index (χ0) is 22.3. The van der Waals surface area contributed by atoms with E-state index in [1.54, 1.807) is 12.1 Å². The Hall–Kier alpha value is -1.56. The third kappa shape index (κ3) is 4.39. The van der Waals surface area contributed by atoms with E-state index < -0.39 is 15.5 Å². The first-order valence-corrected chi connectivity index (χ1v) is 12.5. The topological polar surface area (TPSA) is 66.4 Å². The molecule has 0 fully saturated rings. The lowest BCUT2D eigenvalue weighted by Crippen LogP contribution is -2.17. The van der Waals surface area contributed by atoms with Gasteiger partial charge in [0.15, 0.2) is 0 Å². The summed E-state index contributed by atoms with van der Waals surface area (Å²) in [4.78, 5) is -0.0855. The molecule has 2 unspecified atom stereocenters. The van der Waals surface area contributed by atoms with Crippen molar-refractivity contribution in [3.05, 3.63) is 57.8 Å². The van der Waals surface area contributed by atoms with Gasteiger partial charge in [0.2, 0.25) is 0 Å². The Balaban J connectivity index is 1.94. The quantitative estimate of drug-likeness (QED) is 0.484. The molecular formula is C24H32ClNO3S. The van der Waals surface area contributed by atoms with Crippen molar-refractivity contribution in [2.24, 2.45) is 11.8 Å². The summed E-state index contributed by atoms with van der Waals surface area (Å²) in [6, 6.07) is 4.67. The molecule has 0 radical (unpaired) electrons.